The fourth-order valence-electron chi connectivity index (χ4n) is 4.07. The smallest absolute Gasteiger partial charge is 0.338 e. The molecule has 0 amide bonds. The largest absolute Gasteiger partial charge is 0.463 e. The second-order valence-corrected chi connectivity index (χ2v) is 9.37. The molecule has 2 aromatic heterocycles. The van der Waals surface area contributed by atoms with Gasteiger partial charge in [-0.25, -0.2) is 9.79 Å². The summed E-state index contributed by atoms with van der Waals surface area (Å²) < 4.78 is 13.3. The number of ether oxygens (including phenoxy) is 1. The number of allylic oxidation sites excluding steroid dienone is 1. The molecule has 1 aliphatic heterocycles. The van der Waals surface area contributed by atoms with Crippen LogP contribution < -0.4 is 14.9 Å². The molecule has 1 atom stereocenters. The molecule has 0 fully saturated rings. The molecule has 1 unspecified atom stereocenters. The molecule has 176 valence electrons. The normalized spacial score (nSPS) is 15.6. The first-order valence-electron chi connectivity index (χ1n) is 11.1. The van der Waals surface area contributed by atoms with Crippen molar-refractivity contribution in [1.29, 1.82) is 0 Å². The van der Waals surface area contributed by atoms with Gasteiger partial charge in [-0.2, -0.15) is 0 Å². The zero-order valence-electron chi connectivity index (χ0n) is 19.0. The van der Waals surface area contributed by atoms with E-state index in [4.69, 9.17) is 20.8 Å². The molecule has 3 heterocycles. The average Bonchev–Trinajstić information content (AvgIpc) is 3.44. The molecule has 0 N–H and O–H groups in total. The molecule has 4 aromatic rings. The van der Waals surface area contributed by atoms with Gasteiger partial charge in [0.15, 0.2) is 4.80 Å². The minimum absolute atomic E-state index is 0.232. The fraction of sp³-hybridized carbons (Fsp3) is 0.148. The second-order valence-electron chi connectivity index (χ2n) is 7.92. The van der Waals surface area contributed by atoms with Crippen LogP contribution in [0.3, 0.4) is 0 Å². The van der Waals surface area contributed by atoms with Crippen molar-refractivity contribution in [2.24, 2.45) is 4.99 Å². The van der Waals surface area contributed by atoms with Crippen LogP contribution in [0.1, 0.15) is 31.2 Å². The molecule has 0 aliphatic carbocycles. The lowest BCUT2D eigenvalue weighted by Crippen LogP contribution is -2.39. The molecule has 0 saturated carbocycles. The van der Waals surface area contributed by atoms with Crippen LogP contribution in [0.4, 0.5) is 0 Å². The summed E-state index contributed by atoms with van der Waals surface area (Å²) in [6.45, 7) is 3.75. The van der Waals surface area contributed by atoms with Gasteiger partial charge in [0.2, 0.25) is 0 Å². The second kappa shape index (κ2) is 9.52. The number of rotatable bonds is 5. The zero-order valence-corrected chi connectivity index (χ0v) is 20.6. The maximum atomic E-state index is 13.6. The maximum Gasteiger partial charge on any atom is 0.338 e. The third-order valence-corrected chi connectivity index (χ3v) is 6.90. The van der Waals surface area contributed by atoms with Crippen molar-refractivity contribution in [3.8, 4) is 11.3 Å². The van der Waals surface area contributed by atoms with E-state index in [0.717, 1.165) is 11.1 Å². The number of esters is 1. The molecule has 2 aromatic carbocycles. The van der Waals surface area contributed by atoms with E-state index in [1.165, 1.54) is 11.3 Å². The highest BCUT2D eigenvalue weighted by Crippen LogP contribution is 2.30. The van der Waals surface area contributed by atoms with Crippen molar-refractivity contribution in [2.75, 3.05) is 6.61 Å². The third-order valence-electron chi connectivity index (χ3n) is 5.66. The number of carbonyl (C=O) groups excluding carboxylic acids is 1. The lowest BCUT2D eigenvalue weighted by atomic mass is 9.96. The van der Waals surface area contributed by atoms with Crippen molar-refractivity contribution < 1.29 is 13.9 Å². The van der Waals surface area contributed by atoms with E-state index >= 15 is 0 Å². The van der Waals surface area contributed by atoms with E-state index in [1.807, 2.05) is 54.6 Å². The van der Waals surface area contributed by atoms with Crippen LogP contribution in [0.15, 0.2) is 92.2 Å². The number of hydrogen-bond acceptors (Lipinski definition) is 6. The first-order chi connectivity index (χ1) is 17.0. The molecule has 6 nitrogen and oxygen atoms in total. The third kappa shape index (κ3) is 4.40. The summed E-state index contributed by atoms with van der Waals surface area (Å²) in [7, 11) is 0. The molecule has 0 saturated heterocycles. The summed E-state index contributed by atoms with van der Waals surface area (Å²) >= 11 is 7.24. The van der Waals surface area contributed by atoms with Crippen LogP contribution in [-0.4, -0.2) is 17.1 Å². The number of hydrogen-bond donors (Lipinski definition) is 0. The number of nitrogens with zero attached hydrogens (tertiary/aromatic N) is 2. The van der Waals surface area contributed by atoms with E-state index in [1.54, 1.807) is 36.6 Å². The predicted octanol–water partition coefficient (Wildman–Crippen LogP) is 4.71. The van der Waals surface area contributed by atoms with Crippen molar-refractivity contribution in [1.82, 2.24) is 4.57 Å². The standard InChI is InChI=1S/C27H21ClN2O4S/c1-3-33-26(32)23-16(2)29-27-30(24(23)18-7-5-4-6-8-18)25(31)22(35-27)15-20-13-14-21(34-20)17-9-11-19(28)12-10-17/h4-15,24H,3H2,1-2H3/b22-15-. The van der Waals surface area contributed by atoms with Gasteiger partial charge in [-0.1, -0.05) is 53.3 Å². The first-order valence-corrected chi connectivity index (χ1v) is 12.3. The Labute approximate surface area is 210 Å². The molecular weight excluding hydrogens is 484 g/mol. The van der Waals surface area contributed by atoms with Gasteiger partial charge < -0.3 is 9.15 Å². The highest BCUT2D eigenvalue weighted by atomic mass is 35.5. The summed E-state index contributed by atoms with van der Waals surface area (Å²) in [5, 5.41) is 0.645. The van der Waals surface area contributed by atoms with Gasteiger partial charge >= 0.3 is 5.97 Å². The Morgan fingerprint density at radius 2 is 1.89 bits per heavy atom. The Bertz CT molecular complexity index is 1610. The van der Waals surface area contributed by atoms with Crippen molar-refractivity contribution in [3.63, 3.8) is 0 Å². The van der Waals surface area contributed by atoms with Crippen LogP contribution in [0.2, 0.25) is 5.02 Å². The number of carbonyl (C=O) groups is 1. The van der Waals surface area contributed by atoms with E-state index in [2.05, 4.69) is 4.99 Å². The minimum atomic E-state index is -0.630. The number of furan rings is 1. The molecule has 5 rings (SSSR count). The van der Waals surface area contributed by atoms with Crippen molar-refractivity contribution in [2.45, 2.75) is 19.9 Å². The van der Waals surface area contributed by atoms with Gasteiger partial charge in [0, 0.05) is 16.7 Å². The quantitative estimate of drug-likeness (QED) is 0.369. The van der Waals surface area contributed by atoms with E-state index < -0.39 is 12.0 Å². The summed E-state index contributed by atoms with van der Waals surface area (Å²) in [5.74, 6) is 0.733. The number of benzene rings is 2. The Morgan fingerprint density at radius 3 is 2.60 bits per heavy atom. The molecule has 1 aliphatic rings. The van der Waals surface area contributed by atoms with Gasteiger partial charge in [0.25, 0.3) is 5.56 Å². The van der Waals surface area contributed by atoms with E-state index in [0.29, 0.717) is 37.1 Å². The minimum Gasteiger partial charge on any atom is -0.463 e. The SMILES string of the molecule is CCOC(=O)C1=C(C)N=c2s/c(=C\c3ccc(-c4ccc(Cl)cc4)o3)c(=O)n2C1c1ccccc1. The molecule has 0 spiro atoms. The van der Waals surface area contributed by atoms with Gasteiger partial charge in [0.05, 0.1) is 28.5 Å². The summed E-state index contributed by atoms with van der Waals surface area (Å²) in [6, 6.07) is 19.8. The van der Waals surface area contributed by atoms with Gasteiger partial charge in [-0.05, 0) is 55.8 Å². The number of thiazole rings is 1. The molecule has 0 radical (unpaired) electrons. The fourth-order valence-corrected chi connectivity index (χ4v) is 5.22. The first kappa shape index (κ1) is 23.1. The Balaban J connectivity index is 1.62. The van der Waals surface area contributed by atoms with Crippen molar-refractivity contribution >= 4 is 35.0 Å². The molecule has 35 heavy (non-hydrogen) atoms. The van der Waals surface area contributed by atoms with Crippen molar-refractivity contribution in [3.05, 3.63) is 114 Å². The summed E-state index contributed by atoms with van der Waals surface area (Å²) in [4.78, 5) is 31.6. The molecule has 0 bridgehead atoms. The average molecular weight is 505 g/mol. The Kier molecular flexibility index (Phi) is 6.28. The van der Waals surface area contributed by atoms with Crippen LogP contribution in [-0.2, 0) is 9.53 Å². The van der Waals surface area contributed by atoms with Crippen LogP contribution in [0, 0.1) is 0 Å². The Morgan fingerprint density at radius 1 is 1.14 bits per heavy atom. The topological polar surface area (TPSA) is 73.8 Å². The number of fused-ring (bicyclic) bond motifs is 1. The van der Waals surface area contributed by atoms with Crippen LogP contribution >= 0.6 is 22.9 Å². The predicted molar refractivity (Wildman–Crippen MR) is 136 cm³/mol. The zero-order chi connectivity index (χ0) is 24.5. The van der Waals surface area contributed by atoms with Crippen LogP contribution in [0.5, 0.6) is 0 Å². The highest BCUT2D eigenvalue weighted by Gasteiger charge is 2.33. The lowest BCUT2D eigenvalue weighted by molar-refractivity contribution is -0.139. The lowest BCUT2D eigenvalue weighted by Gasteiger charge is -2.24. The van der Waals surface area contributed by atoms with Gasteiger partial charge in [-0.15, -0.1) is 0 Å². The Hall–Kier alpha value is -3.68. The molecule has 8 heteroatoms. The monoisotopic (exact) mass is 504 g/mol. The van der Waals surface area contributed by atoms with Gasteiger partial charge in [-0.3, -0.25) is 9.36 Å². The van der Waals surface area contributed by atoms with E-state index in [9.17, 15) is 9.59 Å². The van der Waals surface area contributed by atoms with Gasteiger partial charge in [0.1, 0.15) is 11.5 Å². The highest BCUT2D eigenvalue weighted by molar-refractivity contribution is 7.07. The maximum absolute atomic E-state index is 13.6. The van der Waals surface area contributed by atoms with Crippen LogP contribution in [0.25, 0.3) is 17.4 Å². The van der Waals surface area contributed by atoms with E-state index in [-0.39, 0.29) is 12.2 Å². The molecular formula is C27H21ClN2O4S. The summed E-state index contributed by atoms with van der Waals surface area (Å²) in [6.07, 6.45) is 1.70. The number of aromatic nitrogens is 1. The summed E-state index contributed by atoms with van der Waals surface area (Å²) in [5.41, 5.74) is 2.34. The number of halogens is 1.